The molecule has 0 radical (unpaired) electrons. The molecule has 4 heteroatoms. The number of nitrogens with zero attached hydrogens (tertiary/aromatic N) is 3. The Bertz CT molecular complexity index is 625. The van der Waals surface area contributed by atoms with Crippen LogP contribution in [-0.2, 0) is 13.1 Å². The van der Waals surface area contributed by atoms with Gasteiger partial charge in [-0.1, -0.05) is 0 Å². The molecule has 86 valence electrons. The molecule has 17 heavy (non-hydrogen) atoms. The van der Waals surface area contributed by atoms with E-state index >= 15 is 0 Å². The average molecular weight is 229 g/mol. The standard InChI is InChI=1S/C13H12FN3/c14-12-2-1-11-3-5-17(13(11)9-12)8-7-16-6-4-15-10-16/h1-6,9-10H,7-8H2. The van der Waals surface area contributed by atoms with Gasteiger partial charge in [0.25, 0.3) is 0 Å². The summed E-state index contributed by atoms with van der Waals surface area (Å²) in [6.45, 7) is 1.64. The van der Waals surface area contributed by atoms with Gasteiger partial charge in [0.1, 0.15) is 5.82 Å². The van der Waals surface area contributed by atoms with Gasteiger partial charge in [-0.2, -0.15) is 0 Å². The fourth-order valence-electron chi connectivity index (χ4n) is 1.99. The predicted octanol–water partition coefficient (Wildman–Crippen LogP) is 2.68. The second kappa shape index (κ2) is 4.05. The first-order valence-electron chi connectivity index (χ1n) is 5.53. The largest absolute Gasteiger partial charge is 0.346 e. The van der Waals surface area contributed by atoms with Crippen molar-refractivity contribution < 1.29 is 4.39 Å². The van der Waals surface area contributed by atoms with Gasteiger partial charge in [0.15, 0.2) is 0 Å². The molecular weight excluding hydrogens is 217 g/mol. The molecule has 2 heterocycles. The van der Waals surface area contributed by atoms with E-state index in [1.54, 1.807) is 24.7 Å². The van der Waals surface area contributed by atoms with E-state index < -0.39 is 0 Å². The molecule has 0 amide bonds. The van der Waals surface area contributed by atoms with E-state index in [4.69, 9.17) is 0 Å². The number of halogens is 1. The Morgan fingerprint density at radius 3 is 2.88 bits per heavy atom. The molecule has 0 aliphatic heterocycles. The normalized spacial score (nSPS) is 11.1. The van der Waals surface area contributed by atoms with Crippen LogP contribution in [0.4, 0.5) is 4.39 Å². The third kappa shape index (κ3) is 1.93. The Kier molecular flexibility index (Phi) is 2.40. The van der Waals surface area contributed by atoms with Gasteiger partial charge in [0, 0.05) is 31.7 Å². The zero-order chi connectivity index (χ0) is 11.7. The summed E-state index contributed by atoms with van der Waals surface area (Å²) in [5.41, 5.74) is 0.935. The lowest BCUT2D eigenvalue weighted by atomic mass is 10.2. The van der Waals surface area contributed by atoms with Crippen LogP contribution < -0.4 is 0 Å². The van der Waals surface area contributed by atoms with Gasteiger partial charge in [-0.25, -0.2) is 9.37 Å². The number of rotatable bonds is 3. The minimum Gasteiger partial charge on any atom is -0.346 e. The number of benzene rings is 1. The van der Waals surface area contributed by atoms with Crippen LogP contribution in [0.3, 0.4) is 0 Å². The van der Waals surface area contributed by atoms with Crippen LogP contribution in [0.1, 0.15) is 0 Å². The highest BCUT2D eigenvalue weighted by atomic mass is 19.1. The summed E-state index contributed by atoms with van der Waals surface area (Å²) in [4.78, 5) is 3.99. The van der Waals surface area contributed by atoms with E-state index in [0.29, 0.717) is 0 Å². The van der Waals surface area contributed by atoms with E-state index in [-0.39, 0.29) is 5.82 Å². The first-order chi connectivity index (χ1) is 8.33. The molecule has 0 aliphatic carbocycles. The highest BCUT2D eigenvalue weighted by Crippen LogP contribution is 2.17. The van der Waals surface area contributed by atoms with Gasteiger partial charge >= 0.3 is 0 Å². The van der Waals surface area contributed by atoms with Crippen molar-refractivity contribution in [2.75, 3.05) is 0 Å². The third-order valence-corrected chi connectivity index (χ3v) is 2.89. The lowest BCUT2D eigenvalue weighted by Gasteiger charge is -2.06. The first-order valence-corrected chi connectivity index (χ1v) is 5.53. The summed E-state index contributed by atoms with van der Waals surface area (Å²) in [7, 11) is 0. The average Bonchev–Trinajstić information content (AvgIpc) is 2.94. The summed E-state index contributed by atoms with van der Waals surface area (Å²) >= 11 is 0. The molecule has 3 nitrogen and oxygen atoms in total. The fourth-order valence-corrected chi connectivity index (χ4v) is 1.99. The summed E-state index contributed by atoms with van der Waals surface area (Å²) in [5.74, 6) is -0.194. The van der Waals surface area contributed by atoms with Crippen molar-refractivity contribution in [2.24, 2.45) is 0 Å². The number of aromatic nitrogens is 3. The number of hydrogen-bond donors (Lipinski definition) is 0. The molecule has 0 bridgehead atoms. The van der Waals surface area contributed by atoms with E-state index in [1.165, 1.54) is 6.07 Å². The molecule has 3 rings (SSSR count). The molecule has 2 aromatic heterocycles. The molecule has 3 aromatic rings. The minimum atomic E-state index is -0.194. The SMILES string of the molecule is Fc1ccc2ccn(CCn3ccnc3)c2c1. The maximum Gasteiger partial charge on any atom is 0.125 e. The van der Waals surface area contributed by atoms with Crippen molar-refractivity contribution in [1.82, 2.24) is 14.1 Å². The van der Waals surface area contributed by atoms with Gasteiger partial charge in [0.2, 0.25) is 0 Å². The second-order valence-corrected chi connectivity index (χ2v) is 4.01. The van der Waals surface area contributed by atoms with Crippen molar-refractivity contribution in [3.63, 3.8) is 0 Å². The van der Waals surface area contributed by atoms with Crippen molar-refractivity contribution in [3.05, 3.63) is 55.0 Å². The van der Waals surface area contributed by atoms with Gasteiger partial charge in [-0.05, 0) is 29.7 Å². The Balaban J connectivity index is 1.87. The van der Waals surface area contributed by atoms with Crippen LogP contribution in [0.5, 0.6) is 0 Å². The van der Waals surface area contributed by atoms with Crippen molar-refractivity contribution in [2.45, 2.75) is 13.1 Å². The highest BCUT2D eigenvalue weighted by Gasteiger charge is 2.02. The van der Waals surface area contributed by atoms with Crippen LogP contribution in [0.2, 0.25) is 0 Å². The van der Waals surface area contributed by atoms with Crippen molar-refractivity contribution in [1.29, 1.82) is 0 Å². The number of hydrogen-bond acceptors (Lipinski definition) is 1. The Morgan fingerprint density at radius 2 is 2.06 bits per heavy atom. The van der Waals surface area contributed by atoms with Crippen LogP contribution in [0.15, 0.2) is 49.2 Å². The Labute approximate surface area is 98.1 Å². The topological polar surface area (TPSA) is 22.8 Å². The number of aryl methyl sites for hydroxylation is 2. The highest BCUT2D eigenvalue weighted by molar-refractivity contribution is 5.80. The molecule has 0 N–H and O–H groups in total. The van der Waals surface area contributed by atoms with E-state index in [2.05, 4.69) is 9.55 Å². The summed E-state index contributed by atoms with van der Waals surface area (Å²) in [6.07, 6.45) is 7.45. The fraction of sp³-hybridized carbons (Fsp3) is 0.154. The monoisotopic (exact) mass is 229 g/mol. The summed E-state index contributed by atoms with van der Waals surface area (Å²) in [5, 5.41) is 1.07. The summed E-state index contributed by atoms with van der Waals surface area (Å²) < 4.78 is 17.2. The Morgan fingerprint density at radius 1 is 1.12 bits per heavy atom. The minimum absolute atomic E-state index is 0.194. The zero-order valence-corrected chi connectivity index (χ0v) is 9.25. The lowest BCUT2D eigenvalue weighted by molar-refractivity contribution is 0.589. The Hall–Kier alpha value is -2.10. The molecule has 0 saturated heterocycles. The van der Waals surface area contributed by atoms with E-state index in [0.717, 1.165) is 24.0 Å². The van der Waals surface area contributed by atoms with Crippen LogP contribution in [-0.4, -0.2) is 14.1 Å². The molecule has 0 unspecified atom stereocenters. The maximum atomic E-state index is 13.2. The third-order valence-electron chi connectivity index (χ3n) is 2.89. The molecule has 0 aliphatic rings. The smallest absolute Gasteiger partial charge is 0.125 e. The first kappa shape index (κ1) is 10.1. The van der Waals surface area contributed by atoms with Gasteiger partial charge < -0.3 is 9.13 Å². The molecule has 0 fully saturated rings. The zero-order valence-electron chi connectivity index (χ0n) is 9.25. The van der Waals surface area contributed by atoms with Crippen molar-refractivity contribution >= 4 is 10.9 Å². The van der Waals surface area contributed by atoms with Crippen molar-refractivity contribution in [3.8, 4) is 0 Å². The maximum absolute atomic E-state index is 13.2. The predicted molar refractivity (Wildman–Crippen MR) is 64.1 cm³/mol. The quantitative estimate of drug-likeness (QED) is 0.677. The number of fused-ring (bicyclic) bond motifs is 1. The molecule has 0 saturated carbocycles. The lowest BCUT2D eigenvalue weighted by Crippen LogP contribution is -2.04. The molecular formula is C13H12FN3. The summed E-state index contributed by atoms with van der Waals surface area (Å²) in [6, 6.07) is 6.87. The molecule has 0 spiro atoms. The molecule has 1 aromatic carbocycles. The van der Waals surface area contributed by atoms with E-state index in [1.807, 2.05) is 23.0 Å². The van der Waals surface area contributed by atoms with Crippen LogP contribution in [0, 0.1) is 5.82 Å². The second-order valence-electron chi connectivity index (χ2n) is 4.01. The van der Waals surface area contributed by atoms with Gasteiger partial charge in [-0.15, -0.1) is 0 Å². The van der Waals surface area contributed by atoms with Crippen LogP contribution >= 0.6 is 0 Å². The van der Waals surface area contributed by atoms with E-state index in [9.17, 15) is 4.39 Å². The van der Waals surface area contributed by atoms with Crippen LogP contribution in [0.25, 0.3) is 10.9 Å². The van der Waals surface area contributed by atoms with Gasteiger partial charge in [-0.3, -0.25) is 0 Å². The van der Waals surface area contributed by atoms with Gasteiger partial charge in [0.05, 0.1) is 11.8 Å². The molecule has 0 atom stereocenters. The number of imidazole rings is 1.